The number of halogens is 1. The Labute approximate surface area is 241 Å². The van der Waals surface area contributed by atoms with Gasteiger partial charge in [0.25, 0.3) is 0 Å². The Morgan fingerprint density at radius 2 is 1.85 bits per heavy atom. The van der Waals surface area contributed by atoms with Crippen molar-refractivity contribution in [3.8, 4) is 6.01 Å². The van der Waals surface area contributed by atoms with E-state index in [4.69, 9.17) is 26.3 Å². The van der Waals surface area contributed by atoms with Gasteiger partial charge in [-0.2, -0.15) is 9.97 Å². The average Bonchev–Trinajstić information content (AvgIpc) is 3.39. The summed E-state index contributed by atoms with van der Waals surface area (Å²) in [4.78, 5) is 28.9. The van der Waals surface area contributed by atoms with Crippen LogP contribution in [-0.2, 0) is 17.8 Å². The van der Waals surface area contributed by atoms with Gasteiger partial charge in [-0.1, -0.05) is 48.5 Å². The van der Waals surface area contributed by atoms with E-state index in [1.165, 1.54) is 23.6 Å². The number of benzene rings is 2. The van der Waals surface area contributed by atoms with Gasteiger partial charge in [0, 0.05) is 60.0 Å². The minimum Gasteiger partial charge on any atom is -0.462 e. The van der Waals surface area contributed by atoms with Crippen molar-refractivity contribution in [2.24, 2.45) is 0 Å². The van der Waals surface area contributed by atoms with Crippen molar-refractivity contribution in [2.45, 2.75) is 56.7 Å². The van der Waals surface area contributed by atoms with Gasteiger partial charge in [0.2, 0.25) is 5.91 Å². The van der Waals surface area contributed by atoms with Gasteiger partial charge in [-0.3, -0.25) is 9.69 Å². The summed E-state index contributed by atoms with van der Waals surface area (Å²) in [6, 6.07) is 13.6. The van der Waals surface area contributed by atoms with Gasteiger partial charge in [0.1, 0.15) is 6.61 Å². The van der Waals surface area contributed by atoms with E-state index in [2.05, 4.69) is 54.7 Å². The molecule has 1 amide bonds. The predicted molar refractivity (Wildman–Crippen MR) is 159 cm³/mol. The smallest absolute Gasteiger partial charge is 0.316 e. The molecule has 2 aromatic carbocycles. The van der Waals surface area contributed by atoms with Crippen molar-refractivity contribution < 1.29 is 9.53 Å². The molecule has 1 unspecified atom stereocenters. The maximum atomic E-state index is 12.2. The predicted octanol–water partition coefficient (Wildman–Crippen LogP) is 5.38. The third-order valence-electron chi connectivity index (χ3n) is 9.12. The summed E-state index contributed by atoms with van der Waals surface area (Å²) in [6.07, 6.45) is 6.26. The van der Waals surface area contributed by atoms with Crippen LogP contribution < -0.4 is 4.74 Å². The number of ether oxygens (including phenoxy) is 1. The van der Waals surface area contributed by atoms with Crippen molar-refractivity contribution in [1.82, 2.24) is 24.7 Å². The summed E-state index contributed by atoms with van der Waals surface area (Å²) < 4.78 is 6.32. The quantitative estimate of drug-likeness (QED) is 0.378. The van der Waals surface area contributed by atoms with Crippen LogP contribution in [0.1, 0.15) is 60.2 Å². The Morgan fingerprint density at radius 1 is 1.07 bits per heavy atom. The molecule has 3 aliphatic heterocycles. The largest absolute Gasteiger partial charge is 0.462 e. The van der Waals surface area contributed by atoms with Gasteiger partial charge >= 0.3 is 6.01 Å². The molecule has 2 saturated heterocycles. The van der Waals surface area contributed by atoms with Crippen molar-refractivity contribution in [2.75, 3.05) is 40.3 Å². The van der Waals surface area contributed by atoms with Crippen LogP contribution in [-0.4, -0.2) is 77.0 Å². The molecular formula is C32H38ClN5O2. The highest BCUT2D eigenvalue weighted by molar-refractivity contribution is 6.35. The van der Waals surface area contributed by atoms with Gasteiger partial charge in [-0.25, -0.2) is 0 Å². The first-order valence-electron chi connectivity index (χ1n) is 14.4. The molecule has 210 valence electrons. The summed E-state index contributed by atoms with van der Waals surface area (Å²) in [5.41, 5.74) is 4.59. The van der Waals surface area contributed by atoms with Crippen LogP contribution in [0.4, 0.5) is 0 Å². The third-order valence-corrected chi connectivity index (χ3v) is 9.43. The van der Waals surface area contributed by atoms with Crippen LogP contribution in [0.2, 0.25) is 5.02 Å². The second kappa shape index (κ2) is 11.5. The average molecular weight is 560 g/mol. The lowest BCUT2D eigenvalue weighted by Gasteiger charge is -2.37. The number of hydrogen-bond acceptors (Lipinski definition) is 6. The molecule has 8 heteroatoms. The minimum absolute atomic E-state index is 0.00388. The molecule has 40 heavy (non-hydrogen) atoms. The highest BCUT2D eigenvalue weighted by Gasteiger charge is 2.34. The lowest BCUT2D eigenvalue weighted by molar-refractivity contribution is -0.127. The van der Waals surface area contributed by atoms with E-state index >= 15 is 0 Å². The number of hydrogen-bond donors (Lipinski definition) is 0. The zero-order valence-corrected chi connectivity index (χ0v) is 24.2. The van der Waals surface area contributed by atoms with Crippen LogP contribution in [0, 0.1) is 0 Å². The molecule has 3 aliphatic rings. The summed E-state index contributed by atoms with van der Waals surface area (Å²) >= 11 is 6.74. The van der Waals surface area contributed by atoms with Gasteiger partial charge < -0.3 is 14.5 Å². The van der Waals surface area contributed by atoms with E-state index in [0.29, 0.717) is 31.7 Å². The summed E-state index contributed by atoms with van der Waals surface area (Å²) in [7, 11) is 4.34. The van der Waals surface area contributed by atoms with Crippen LogP contribution in [0.3, 0.4) is 0 Å². The van der Waals surface area contributed by atoms with Crippen LogP contribution >= 0.6 is 11.6 Å². The van der Waals surface area contributed by atoms with E-state index in [1.807, 2.05) is 17.0 Å². The first-order valence-corrected chi connectivity index (χ1v) is 14.8. The number of carbonyl (C=O) groups is 1. The standard InChI is InChI=1S/C32H38ClN5O2/c1-4-29(39)38-16-13-22(14-17-38)31-25-19-37(3)28(24-11-5-8-21-9-6-12-26(33)30(21)24)18-27(25)34-32(35-31)40-20-23-10-7-15-36(23)2/h4-6,8-9,11-12,22-23,28H,1,7,10,13-20H2,2-3H3/t23-,28?/m0/s1. The Morgan fingerprint density at radius 3 is 2.58 bits per heavy atom. The van der Waals surface area contributed by atoms with Crippen molar-refractivity contribution >= 4 is 28.3 Å². The number of fused-ring (bicyclic) bond motifs is 2. The first kappa shape index (κ1) is 27.2. The molecule has 0 aliphatic carbocycles. The number of likely N-dealkylation sites (N-methyl/N-ethyl adjacent to an activating group) is 2. The molecule has 6 rings (SSSR count). The molecule has 2 atom stereocenters. The Bertz CT molecular complexity index is 1410. The lowest BCUT2D eigenvalue weighted by atomic mass is 9.85. The number of rotatable bonds is 6. The third kappa shape index (κ3) is 5.22. The first-order chi connectivity index (χ1) is 19.4. The van der Waals surface area contributed by atoms with Gasteiger partial charge in [-0.05, 0) is 69.4 Å². The fourth-order valence-corrected chi connectivity index (χ4v) is 7.07. The molecule has 0 radical (unpaired) electrons. The highest BCUT2D eigenvalue weighted by Crippen LogP contribution is 2.41. The van der Waals surface area contributed by atoms with Gasteiger partial charge in [0.15, 0.2) is 0 Å². The molecule has 0 N–H and O–H groups in total. The fourth-order valence-electron chi connectivity index (χ4n) is 6.78. The molecule has 7 nitrogen and oxygen atoms in total. The monoisotopic (exact) mass is 559 g/mol. The van der Waals surface area contributed by atoms with Crippen LogP contribution in [0.15, 0.2) is 49.1 Å². The molecule has 0 spiro atoms. The number of aromatic nitrogens is 2. The zero-order chi connectivity index (χ0) is 27.8. The molecule has 4 heterocycles. The zero-order valence-electron chi connectivity index (χ0n) is 23.5. The van der Waals surface area contributed by atoms with Crippen molar-refractivity contribution in [1.29, 1.82) is 0 Å². The second-order valence-corrected chi connectivity index (χ2v) is 11.9. The highest BCUT2D eigenvalue weighted by atomic mass is 35.5. The van der Waals surface area contributed by atoms with Crippen LogP contribution in [0.25, 0.3) is 10.8 Å². The van der Waals surface area contributed by atoms with Crippen molar-refractivity contribution in [3.05, 3.63) is 76.6 Å². The van der Waals surface area contributed by atoms with Crippen LogP contribution in [0.5, 0.6) is 6.01 Å². The molecule has 3 aromatic rings. The number of likely N-dealkylation sites (tertiary alicyclic amines) is 2. The van der Waals surface area contributed by atoms with E-state index in [-0.39, 0.29) is 17.9 Å². The molecule has 1 aromatic heterocycles. The Hall–Kier alpha value is -3.00. The summed E-state index contributed by atoms with van der Waals surface area (Å²) in [5, 5.41) is 3.04. The van der Waals surface area contributed by atoms with E-state index in [0.717, 1.165) is 66.0 Å². The SMILES string of the molecule is C=CC(=O)N1CCC(c2nc(OC[C@@H]3CCCN3C)nc3c2CN(C)C(c2cccc4cccc(Cl)c24)C3)CC1. The topological polar surface area (TPSA) is 61.8 Å². The molecular weight excluding hydrogens is 522 g/mol. The Kier molecular flexibility index (Phi) is 7.80. The lowest BCUT2D eigenvalue weighted by Crippen LogP contribution is -2.38. The summed E-state index contributed by atoms with van der Waals surface area (Å²) in [5.74, 6) is 0.267. The normalized spacial score (nSPS) is 22.4. The van der Waals surface area contributed by atoms with Gasteiger partial charge in [0.05, 0.1) is 11.4 Å². The minimum atomic E-state index is 0.00388. The summed E-state index contributed by atoms with van der Waals surface area (Å²) in [6.45, 7) is 7.55. The number of carbonyl (C=O) groups excluding carboxylic acids is 1. The number of nitrogens with zero attached hydrogens (tertiary/aromatic N) is 5. The Balaban J connectivity index is 1.34. The van der Waals surface area contributed by atoms with Gasteiger partial charge in [-0.15, -0.1) is 0 Å². The second-order valence-electron chi connectivity index (χ2n) is 11.5. The fraction of sp³-hybridized carbons (Fsp3) is 0.469. The number of piperidine rings is 1. The molecule has 0 bridgehead atoms. The van der Waals surface area contributed by atoms with E-state index in [1.54, 1.807) is 0 Å². The molecule has 0 saturated carbocycles. The number of amides is 1. The van der Waals surface area contributed by atoms with E-state index < -0.39 is 0 Å². The van der Waals surface area contributed by atoms with Crippen molar-refractivity contribution in [3.63, 3.8) is 0 Å². The van der Waals surface area contributed by atoms with E-state index in [9.17, 15) is 4.79 Å². The maximum Gasteiger partial charge on any atom is 0.316 e. The maximum absolute atomic E-state index is 12.2. The molecule has 2 fully saturated rings.